The van der Waals surface area contributed by atoms with Gasteiger partial charge in [0.05, 0.1) is 27.2 Å². The van der Waals surface area contributed by atoms with E-state index in [9.17, 15) is 9.59 Å². The molecule has 3 unspecified atom stereocenters. The molecular formula is C19H22O6. The number of benzene rings is 1. The number of fused-ring (bicyclic) bond motifs is 2. The number of methoxy groups -OCH3 is 3. The van der Waals surface area contributed by atoms with Crippen molar-refractivity contribution in [2.24, 2.45) is 17.8 Å². The third-order valence-electron chi connectivity index (χ3n) is 4.91. The van der Waals surface area contributed by atoms with E-state index >= 15 is 0 Å². The summed E-state index contributed by atoms with van der Waals surface area (Å²) in [7, 11) is 4.45. The fourth-order valence-corrected chi connectivity index (χ4v) is 3.62. The van der Waals surface area contributed by atoms with Crippen LogP contribution in [0.3, 0.4) is 0 Å². The summed E-state index contributed by atoms with van der Waals surface area (Å²) in [5.74, 6) is 1.19. The lowest BCUT2D eigenvalue weighted by Crippen LogP contribution is -2.24. The van der Waals surface area contributed by atoms with E-state index in [0.29, 0.717) is 28.7 Å². The van der Waals surface area contributed by atoms with Crippen LogP contribution in [-0.4, -0.2) is 39.7 Å². The van der Waals surface area contributed by atoms with Crippen LogP contribution in [0, 0.1) is 17.8 Å². The van der Waals surface area contributed by atoms with E-state index in [1.807, 2.05) is 0 Å². The highest BCUT2D eigenvalue weighted by molar-refractivity contribution is 5.99. The molecule has 2 bridgehead atoms. The van der Waals surface area contributed by atoms with E-state index in [1.165, 1.54) is 21.3 Å². The molecule has 25 heavy (non-hydrogen) atoms. The molecule has 3 atom stereocenters. The lowest BCUT2D eigenvalue weighted by atomic mass is 9.94. The highest BCUT2D eigenvalue weighted by atomic mass is 16.5. The van der Waals surface area contributed by atoms with Crippen molar-refractivity contribution in [1.29, 1.82) is 0 Å². The Bertz CT molecular complexity index is 683. The topological polar surface area (TPSA) is 71.1 Å². The van der Waals surface area contributed by atoms with Gasteiger partial charge in [-0.1, -0.05) is 12.2 Å². The fraction of sp³-hybridized carbons (Fsp3) is 0.474. The molecule has 0 spiro atoms. The number of hydrogen-bond donors (Lipinski definition) is 0. The van der Waals surface area contributed by atoms with Crippen LogP contribution in [0.15, 0.2) is 24.3 Å². The molecule has 1 saturated carbocycles. The smallest absolute Gasteiger partial charge is 0.310 e. The Balaban J connectivity index is 1.67. The van der Waals surface area contributed by atoms with Gasteiger partial charge in [-0.05, 0) is 36.8 Å². The van der Waals surface area contributed by atoms with Crippen LogP contribution in [0.25, 0.3) is 0 Å². The van der Waals surface area contributed by atoms with Gasteiger partial charge in [-0.25, -0.2) is 0 Å². The van der Waals surface area contributed by atoms with Crippen molar-refractivity contribution in [2.75, 3.05) is 27.9 Å². The van der Waals surface area contributed by atoms with Gasteiger partial charge >= 0.3 is 5.97 Å². The van der Waals surface area contributed by atoms with E-state index in [1.54, 1.807) is 12.1 Å². The van der Waals surface area contributed by atoms with E-state index < -0.39 is 0 Å². The maximum Gasteiger partial charge on any atom is 0.310 e. The van der Waals surface area contributed by atoms with Crippen LogP contribution in [0.2, 0.25) is 0 Å². The molecule has 0 aromatic heterocycles. The Hall–Kier alpha value is -2.50. The second-order valence-corrected chi connectivity index (χ2v) is 6.33. The first-order chi connectivity index (χ1) is 12.1. The van der Waals surface area contributed by atoms with Gasteiger partial charge in [0.1, 0.15) is 0 Å². The summed E-state index contributed by atoms with van der Waals surface area (Å²) >= 11 is 0. The summed E-state index contributed by atoms with van der Waals surface area (Å²) in [4.78, 5) is 24.7. The molecule has 0 N–H and O–H groups in total. The Morgan fingerprint density at radius 2 is 1.68 bits per heavy atom. The summed E-state index contributed by atoms with van der Waals surface area (Å²) in [6.07, 6.45) is 6.08. The van der Waals surface area contributed by atoms with E-state index in [-0.39, 0.29) is 30.2 Å². The second-order valence-electron chi connectivity index (χ2n) is 6.33. The van der Waals surface area contributed by atoms with Crippen LogP contribution in [-0.2, 0) is 9.53 Å². The van der Waals surface area contributed by atoms with Crippen LogP contribution in [0.4, 0.5) is 0 Å². The number of ether oxygens (including phenoxy) is 4. The predicted molar refractivity (Wildman–Crippen MR) is 90.2 cm³/mol. The number of Topliss-reactive ketones (excluding diaryl/α,β-unsaturated/α-hetero) is 1. The summed E-state index contributed by atoms with van der Waals surface area (Å²) in [6.45, 7) is -0.297. The average molecular weight is 346 g/mol. The van der Waals surface area contributed by atoms with Crippen molar-refractivity contribution >= 4 is 11.8 Å². The number of rotatable bonds is 7. The van der Waals surface area contributed by atoms with Crippen molar-refractivity contribution in [3.63, 3.8) is 0 Å². The minimum atomic E-state index is -0.314. The quantitative estimate of drug-likeness (QED) is 0.429. The molecule has 2 aliphatic rings. The van der Waals surface area contributed by atoms with Crippen molar-refractivity contribution in [1.82, 2.24) is 0 Å². The molecule has 0 heterocycles. The first-order valence-electron chi connectivity index (χ1n) is 8.25. The zero-order valence-electron chi connectivity index (χ0n) is 14.6. The van der Waals surface area contributed by atoms with Crippen LogP contribution in [0.1, 0.15) is 23.2 Å². The third-order valence-corrected chi connectivity index (χ3v) is 4.91. The van der Waals surface area contributed by atoms with Crippen LogP contribution in [0.5, 0.6) is 17.2 Å². The summed E-state index contributed by atoms with van der Waals surface area (Å²) < 4.78 is 21.0. The molecule has 0 radical (unpaired) electrons. The zero-order valence-corrected chi connectivity index (χ0v) is 14.6. The molecule has 3 rings (SSSR count). The normalized spacial score (nSPS) is 23.4. The lowest BCUT2D eigenvalue weighted by molar-refractivity contribution is -0.148. The van der Waals surface area contributed by atoms with Crippen molar-refractivity contribution in [2.45, 2.75) is 12.8 Å². The Labute approximate surface area is 146 Å². The fourth-order valence-electron chi connectivity index (χ4n) is 3.62. The van der Waals surface area contributed by atoms with E-state index in [0.717, 1.165) is 12.8 Å². The molecule has 134 valence electrons. The molecule has 0 amide bonds. The number of allylic oxidation sites excluding steroid dienone is 2. The van der Waals surface area contributed by atoms with Crippen LogP contribution >= 0.6 is 0 Å². The monoisotopic (exact) mass is 346 g/mol. The maximum atomic E-state index is 12.4. The third kappa shape index (κ3) is 3.34. The predicted octanol–water partition coefficient (Wildman–Crippen LogP) is 2.65. The number of carbonyl (C=O) groups is 2. The molecule has 0 aliphatic heterocycles. The standard InChI is InChI=1S/C19H22O6/c1-22-16-8-13(9-17(23-2)18(16)24-3)15(20)10-25-19(21)14-7-11-4-5-12(14)6-11/h4-5,8-9,11-12,14H,6-7,10H2,1-3H3. The summed E-state index contributed by atoms with van der Waals surface area (Å²) in [5, 5.41) is 0. The molecule has 1 fully saturated rings. The van der Waals surface area contributed by atoms with Crippen molar-refractivity contribution in [3.8, 4) is 17.2 Å². The number of carbonyl (C=O) groups excluding carboxylic acids is 2. The molecule has 0 saturated heterocycles. The lowest BCUT2D eigenvalue weighted by Gasteiger charge is -2.17. The minimum absolute atomic E-state index is 0.122. The van der Waals surface area contributed by atoms with Crippen LogP contribution < -0.4 is 14.2 Å². The minimum Gasteiger partial charge on any atom is -0.493 e. The SMILES string of the molecule is COc1cc(C(=O)COC(=O)C2CC3C=CC2C3)cc(OC)c1OC. The molecule has 1 aromatic carbocycles. The van der Waals surface area contributed by atoms with E-state index in [2.05, 4.69) is 12.2 Å². The zero-order chi connectivity index (χ0) is 18.0. The van der Waals surface area contributed by atoms with Gasteiger partial charge in [0.15, 0.2) is 18.1 Å². The van der Waals surface area contributed by atoms with Crippen molar-refractivity contribution in [3.05, 3.63) is 29.8 Å². The molecular weight excluding hydrogens is 324 g/mol. The molecule has 2 aliphatic carbocycles. The first-order valence-corrected chi connectivity index (χ1v) is 8.25. The van der Waals surface area contributed by atoms with Gasteiger partial charge < -0.3 is 18.9 Å². The number of hydrogen-bond acceptors (Lipinski definition) is 6. The first kappa shape index (κ1) is 17.3. The van der Waals surface area contributed by atoms with Gasteiger partial charge in [0.2, 0.25) is 11.5 Å². The number of ketones is 1. The maximum absolute atomic E-state index is 12.4. The van der Waals surface area contributed by atoms with Crippen molar-refractivity contribution < 1.29 is 28.5 Å². The summed E-state index contributed by atoms with van der Waals surface area (Å²) in [5.41, 5.74) is 0.343. The number of esters is 1. The largest absolute Gasteiger partial charge is 0.493 e. The highest BCUT2D eigenvalue weighted by Crippen LogP contribution is 2.44. The molecule has 1 aromatic rings. The Kier molecular flexibility index (Phi) is 4.97. The Morgan fingerprint density at radius 3 is 2.16 bits per heavy atom. The Morgan fingerprint density at radius 1 is 1.00 bits per heavy atom. The van der Waals surface area contributed by atoms with Gasteiger partial charge in [0.25, 0.3) is 0 Å². The van der Waals surface area contributed by atoms with E-state index in [4.69, 9.17) is 18.9 Å². The van der Waals surface area contributed by atoms with Gasteiger partial charge in [-0.2, -0.15) is 0 Å². The average Bonchev–Trinajstić information content (AvgIpc) is 3.27. The molecule has 6 heteroatoms. The summed E-state index contributed by atoms with van der Waals surface area (Å²) in [6, 6.07) is 3.11. The molecule has 6 nitrogen and oxygen atoms in total. The van der Waals surface area contributed by atoms with Gasteiger partial charge in [-0.3, -0.25) is 9.59 Å². The van der Waals surface area contributed by atoms with Gasteiger partial charge in [0, 0.05) is 5.56 Å². The second kappa shape index (κ2) is 7.17. The highest BCUT2D eigenvalue weighted by Gasteiger charge is 2.40. The van der Waals surface area contributed by atoms with Gasteiger partial charge in [-0.15, -0.1) is 0 Å².